The van der Waals surface area contributed by atoms with Gasteiger partial charge < -0.3 is 14.9 Å². The van der Waals surface area contributed by atoms with Crippen molar-refractivity contribution in [2.24, 2.45) is 0 Å². The molecule has 0 aromatic heterocycles. The van der Waals surface area contributed by atoms with Crippen molar-refractivity contribution in [3.05, 3.63) is 35.4 Å². The van der Waals surface area contributed by atoms with E-state index in [2.05, 4.69) is 4.90 Å². The smallest absolute Gasteiger partial charge is 0.130 e. The fraction of sp³-hybridized carbons (Fsp3) is 0.647. The number of halogens is 2. The molecule has 2 heterocycles. The molecule has 4 nitrogen and oxygen atoms in total. The molecular formula is C17H23F2NO3. The first kappa shape index (κ1) is 16.8. The maximum absolute atomic E-state index is 13.8. The summed E-state index contributed by atoms with van der Waals surface area (Å²) in [6.07, 6.45) is 0.647. The quantitative estimate of drug-likeness (QED) is 0.870. The summed E-state index contributed by atoms with van der Waals surface area (Å²) < 4.78 is 32.5. The largest absolute Gasteiger partial charge is 0.387 e. The Balaban J connectivity index is 1.64. The summed E-state index contributed by atoms with van der Waals surface area (Å²) in [5.74, 6) is -1.12. The summed E-state index contributed by atoms with van der Waals surface area (Å²) in [6.45, 7) is 3.72. The Morgan fingerprint density at radius 3 is 2.61 bits per heavy atom. The number of aliphatic hydroxyl groups excluding tert-OH is 1. The minimum Gasteiger partial charge on any atom is -0.387 e. The summed E-state index contributed by atoms with van der Waals surface area (Å²) in [7, 11) is 0. The van der Waals surface area contributed by atoms with Gasteiger partial charge >= 0.3 is 0 Å². The van der Waals surface area contributed by atoms with Crippen LogP contribution in [0.5, 0.6) is 0 Å². The number of rotatable bonds is 2. The minimum absolute atomic E-state index is 0.398. The summed E-state index contributed by atoms with van der Waals surface area (Å²) in [5, 5.41) is 20.8. The topological polar surface area (TPSA) is 52.9 Å². The zero-order valence-corrected chi connectivity index (χ0v) is 13.3. The van der Waals surface area contributed by atoms with Crippen molar-refractivity contribution in [1.82, 2.24) is 4.90 Å². The van der Waals surface area contributed by atoms with Crippen LogP contribution >= 0.6 is 0 Å². The van der Waals surface area contributed by atoms with Crippen LogP contribution in [0.2, 0.25) is 0 Å². The minimum atomic E-state index is -1.14. The van der Waals surface area contributed by atoms with E-state index >= 15 is 0 Å². The maximum Gasteiger partial charge on any atom is 0.130 e. The Labute approximate surface area is 134 Å². The van der Waals surface area contributed by atoms with Crippen LogP contribution in [0.25, 0.3) is 0 Å². The summed E-state index contributed by atoms with van der Waals surface area (Å²) in [4.78, 5) is 2.06. The molecule has 1 aromatic rings. The molecule has 6 heteroatoms. The molecule has 2 aliphatic heterocycles. The van der Waals surface area contributed by atoms with Crippen molar-refractivity contribution in [1.29, 1.82) is 0 Å². The molecule has 1 aromatic carbocycles. The monoisotopic (exact) mass is 327 g/mol. The normalized spacial score (nSPS) is 31.4. The van der Waals surface area contributed by atoms with Crippen LogP contribution in [0.4, 0.5) is 8.78 Å². The van der Waals surface area contributed by atoms with Crippen LogP contribution in [0.3, 0.4) is 0 Å². The summed E-state index contributed by atoms with van der Waals surface area (Å²) in [6, 6.07) is 3.62. The molecule has 3 rings (SSSR count). The Morgan fingerprint density at radius 1 is 1.26 bits per heavy atom. The molecule has 2 fully saturated rings. The Kier molecular flexibility index (Phi) is 4.44. The molecule has 0 bridgehead atoms. The Bertz CT molecular complexity index is 571. The molecule has 0 aliphatic carbocycles. The van der Waals surface area contributed by atoms with Gasteiger partial charge in [0.2, 0.25) is 0 Å². The lowest BCUT2D eigenvalue weighted by molar-refractivity contribution is -0.246. The standard InChI is InChI=1S/C17H23F2NO3/c1-16(22)6-9-23-17(15(16)21)4-7-20(8-5-17)11-12-2-3-13(18)10-14(12)19/h2-3,10,15,21-22H,4-9,11H2,1H3/t15?,16-/m1/s1. The Morgan fingerprint density at radius 2 is 1.96 bits per heavy atom. The highest BCUT2D eigenvalue weighted by Gasteiger charge is 2.52. The highest BCUT2D eigenvalue weighted by Crippen LogP contribution is 2.40. The average Bonchev–Trinajstić information content (AvgIpc) is 2.50. The van der Waals surface area contributed by atoms with Gasteiger partial charge in [-0.15, -0.1) is 0 Å². The first-order valence-electron chi connectivity index (χ1n) is 8.03. The third kappa shape index (κ3) is 3.26. The van der Waals surface area contributed by atoms with Crippen molar-refractivity contribution in [2.75, 3.05) is 19.7 Å². The highest BCUT2D eigenvalue weighted by molar-refractivity contribution is 5.18. The first-order valence-corrected chi connectivity index (χ1v) is 8.03. The zero-order chi connectivity index (χ0) is 16.7. The predicted octanol–water partition coefficient (Wildman–Crippen LogP) is 1.83. The number of piperidine rings is 1. The molecule has 0 radical (unpaired) electrons. The highest BCUT2D eigenvalue weighted by atomic mass is 19.1. The molecule has 23 heavy (non-hydrogen) atoms. The first-order chi connectivity index (χ1) is 10.8. The lowest BCUT2D eigenvalue weighted by Gasteiger charge is -2.51. The third-order valence-electron chi connectivity index (χ3n) is 5.20. The third-order valence-corrected chi connectivity index (χ3v) is 5.20. The second-order valence-electron chi connectivity index (χ2n) is 6.93. The molecule has 1 unspecified atom stereocenters. The predicted molar refractivity (Wildman–Crippen MR) is 80.8 cm³/mol. The average molecular weight is 327 g/mol. The number of hydrogen-bond acceptors (Lipinski definition) is 4. The van der Waals surface area contributed by atoms with E-state index in [9.17, 15) is 19.0 Å². The molecule has 2 N–H and O–H groups in total. The SMILES string of the molecule is C[C@@]1(O)CCOC2(CCN(Cc3ccc(F)cc3F)CC2)C1O. The van der Waals surface area contributed by atoms with Gasteiger partial charge in [-0.25, -0.2) is 8.78 Å². The van der Waals surface area contributed by atoms with Crippen LogP contribution < -0.4 is 0 Å². The van der Waals surface area contributed by atoms with E-state index in [0.29, 0.717) is 51.1 Å². The lowest BCUT2D eigenvalue weighted by atomic mass is 9.75. The van der Waals surface area contributed by atoms with Gasteiger partial charge in [0, 0.05) is 37.7 Å². The van der Waals surface area contributed by atoms with Gasteiger partial charge in [0.25, 0.3) is 0 Å². The van der Waals surface area contributed by atoms with Gasteiger partial charge in [-0.05, 0) is 25.8 Å². The van der Waals surface area contributed by atoms with Crippen molar-refractivity contribution >= 4 is 0 Å². The molecule has 0 amide bonds. The number of likely N-dealkylation sites (tertiary alicyclic amines) is 1. The summed E-state index contributed by atoms with van der Waals surface area (Å²) in [5.41, 5.74) is -1.40. The number of nitrogens with zero attached hydrogens (tertiary/aromatic N) is 1. The van der Waals surface area contributed by atoms with Crippen LogP contribution in [-0.4, -0.2) is 52.1 Å². The number of hydrogen-bond donors (Lipinski definition) is 2. The van der Waals surface area contributed by atoms with E-state index in [4.69, 9.17) is 4.74 Å². The second kappa shape index (κ2) is 6.09. The second-order valence-corrected chi connectivity index (χ2v) is 6.93. The zero-order valence-electron chi connectivity index (χ0n) is 13.3. The molecule has 2 saturated heterocycles. The van der Waals surface area contributed by atoms with E-state index in [1.54, 1.807) is 6.92 Å². The van der Waals surface area contributed by atoms with E-state index in [0.717, 1.165) is 6.07 Å². The maximum atomic E-state index is 13.8. The Hall–Kier alpha value is -1.08. The number of benzene rings is 1. The molecule has 2 aliphatic rings. The van der Waals surface area contributed by atoms with Gasteiger partial charge in [-0.2, -0.15) is 0 Å². The van der Waals surface area contributed by atoms with E-state index in [1.165, 1.54) is 12.1 Å². The molecule has 128 valence electrons. The van der Waals surface area contributed by atoms with Crippen LogP contribution in [-0.2, 0) is 11.3 Å². The van der Waals surface area contributed by atoms with Gasteiger partial charge in [0.1, 0.15) is 17.7 Å². The molecule has 2 atom stereocenters. The molecule has 0 saturated carbocycles. The lowest BCUT2D eigenvalue weighted by Crippen LogP contribution is -2.64. The van der Waals surface area contributed by atoms with E-state index in [-0.39, 0.29) is 0 Å². The van der Waals surface area contributed by atoms with Crippen LogP contribution in [0.1, 0.15) is 31.7 Å². The number of aliphatic hydroxyl groups is 2. The van der Waals surface area contributed by atoms with Crippen molar-refractivity contribution < 1.29 is 23.7 Å². The molecule has 1 spiro atoms. The van der Waals surface area contributed by atoms with Gasteiger partial charge in [0.15, 0.2) is 0 Å². The van der Waals surface area contributed by atoms with E-state index in [1.807, 2.05) is 0 Å². The van der Waals surface area contributed by atoms with Gasteiger partial charge in [0.05, 0.1) is 17.8 Å². The number of ether oxygens (including phenoxy) is 1. The van der Waals surface area contributed by atoms with Crippen molar-refractivity contribution in [3.8, 4) is 0 Å². The van der Waals surface area contributed by atoms with Crippen molar-refractivity contribution in [2.45, 2.75) is 50.0 Å². The summed E-state index contributed by atoms with van der Waals surface area (Å²) >= 11 is 0. The van der Waals surface area contributed by atoms with Crippen LogP contribution in [0, 0.1) is 11.6 Å². The van der Waals surface area contributed by atoms with Gasteiger partial charge in [-0.1, -0.05) is 6.07 Å². The van der Waals surface area contributed by atoms with Crippen molar-refractivity contribution in [3.63, 3.8) is 0 Å². The van der Waals surface area contributed by atoms with Crippen LogP contribution in [0.15, 0.2) is 18.2 Å². The fourth-order valence-electron chi connectivity index (χ4n) is 3.64. The molecular weight excluding hydrogens is 304 g/mol. The fourth-order valence-corrected chi connectivity index (χ4v) is 3.64. The van der Waals surface area contributed by atoms with Gasteiger partial charge in [-0.3, -0.25) is 4.90 Å². The van der Waals surface area contributed by atoms with E-state index < -0.39 is 28.9 Å².